The molecule has 1 N–H and O–H groups in total. The van der Waals surface area contributed by atoms with E-state index in [1.165, 1.54) is 4.90 Å². The second-order valence-electron chi connectivity index (χ2n) is 7.46. The maximum atomic E-state index is 12.9. The van der Waals surface area contributed by atoms with Gasteiger partial charge in [0.1, 0.15) is 5.75 Å². The van der Waals surface area contributed by atoms with E-state index in [4.69, 9.17) is 21.1 Å². The molecule has 6 heteroatoms. The van der Waals surface area contributed by atoms with Crippen LogP contribution in [0, 0.1) is 0 Å². The van der Waals surface area contributed by atoms with Crippen LogP contribution in [-0.2, 0) is 9.53 Å². The molecule has 0 unspecified atom stereocenters. The van der Waals surface area contributed by atoms with Gasteiger partial charge in [0.25, 0.3) is 5.91 Å². The fourth-order valence-corrected chi connectivity index (χ4v) is 4.53. The van der Waals surface area contributed by atoms with E-state index in [0.717, 1.165) is 12.8 Å². The van der Waals surface area contributed by atoms with Crippen LogP contribution in [-0.4, -0.2) is 36.0 Å². The average Bonchev–Trinajstić information content (AvgIpc) is 2.69. The Morgan fingerprint density at radius 2 is 1.79 bits per heavy atom. The second-order valence-corrected chi connectivity index (χ2v) is 9.44. The third kappa shape index (κ3) is 5.66. The Labute approximate surface area is 175 Å². The lowest BCUT2D eigenvalue weighted by Gasteiger charge is -2.37. The summed E-state index contributed by atoms with van der Waals surface area (Å²) >= 11 is 7.74. The molecule has 1 amide bonds. The van der Waals surface area contributed by atoms with Crippen LogP contribution >= 0.6 is 23.4 Å². The van der Waals surface area contributed by atoms with Crippen LogP contribution in [0.5, 0.6) is 5.75 Å². The van der Waals surface area contributed by atoms with E-state index in [-0.39, 0.29) is 10.7 Å². The lowest BCUT2D eigenvalue weighted by Crippen LogP contribution is -2.52. The van der Waals surface area contributed by atoms with Crippen molar-refractivity contribution in [1.29, 1.82) is 0 Å². The molecule has 1 aliphatic heterocycles. The van der Waals surface area contributed by atoms with Gasteiger partial charge in [0, 0.05) is 34.4 Å². The molecule has 0 aliphatic carbocycles. The van der Waals surface area contributed by atoms with Crippen LogP contribution in [0.15, 0.2) is 59.5 Å². The van der Waals surface area contributed by atoms with E-state index in [1.807, 2.05) is 30.0 Å². The predicted octanol–water partition coefficient (Wildman–Crippen LogP) is 4.96. The molecule has 1 saturated heterocycles. The molecule has 0 aromatic heterocycles. The molecule has 0 spiro atoms. The van der Waals surface area contributed by atoms with Crippen molar-refractivity contribution in [2.75, 3.05) is 19.8 Å². The number of hydrogen-bond acceptors (Lipinski definition) is 4. The Kier molecular flexibility index (Phi) is 6.91. The number of hydrogen-bond donors (Lipinski definition) is 1. The minimum Gasteiger partial charge on any atom is -0.478 e. The summed E-state index contributed by atoms with van der Waals surface area (Å²) in [6.07, 6.45) is 1.79. The van der Waals surface area contributed by atoms with Gasteiger partial charge in [-0.15, -0.1) is 11.8 Å². The van der Waals surface area contributed by atoms with E-state index in [1.54, 1.807) is 38.1 Å². The van der Waals surface area contributed by atoms with Crippen molar-refractivity contribution in [1.82, 2.24) is 5.32 Å². The van der Waals surface area contributed by atoms with Crippen molar-refractivity contribution in [3.8, 4) is 5.75 Å². The van der Waals surface area contributed by atoms with Gasteiger partial charge in [0.15, 0.2) is 5.60 Å². The normalized spacial score (nSPS) is 16.4. The summed E-state index contributed by atoms with van der Waals surface area (Å²) in [5, 5.41) is 3.75. The number of nitrogens with one attached hydrogen (secondary N) is 1. The number of carbonyl (C=O) groups is 1. The smallest absolute Gasteiger partial charge is 0.263 e. The molecule has 0 bridgehead atoms. The lowest BCUT2D eigenvalue weighted by molar-refractivity contribution is -0.134. The predicted molar refractivity (Wildman–Crippen MR) is 114 cm³/mol. The third-order valence-corrected chi connectivity index (χ3v) is 6.53. The lowest BCUT2D eigenvalue weighted by atomic mass is 9.98. The summed E-state index contributed by atoms with van der Waals surface area (Å²) in [7, 11) is 0. The molecule has 2 aromatic carbocycles. The van der Waals surface area contributed by atoms with E-state index < -0.39 is 5.60 Å². The SMILES string of the molecule is CC(C)(Oc1ccc(Cl)cc1)C(=O)NCC1(Sc2ccccc2)CCOCC1. The molecule has 0 radical (unpaired) electrons. The summed E-state index contributed by atoms with van der Waals surface area (Å²) in [5.41, 5.74) is -0.988. The topological polar surface area (TPSA) is 47.6 Å². The van der Waals surface area contributed by atoms with Crippen LogP contribution in [0.1, 0.15) is 26.7 Å². The standard InChI is InChI=1S/C22H26ClNO3S/c1-21(2,27-18-10-8-17(23)9-11-18)20(25)24-16-22(12-14-26-15-13-22)28-19-6-4-3-5-7-19/h3-11H,12-16H2,1-2H3,(H,24,25). The zero-order chi connectivity index (χ0) is 20.0. The van der Waals surface area contributed by atoms with Gasteiger partial charge >= 0.3 is 0 Å². The molecule has 1 aliphatic rings. The molecular weight excluding hydrogens is 394 g/mol. The first-order valence-corrected chi connectivity index (χ1v) is 10.6. The third-order valence-electron chi connectivity index (χ3n) is 4.79. The molecule has 28 heavy (non-hydrogen) atoms. The second kappa shape index (κ2) is 9.21. The number of carbonyl (C=O) groups excluding carboxylic acids is 1. The molecule has 2 aromatic rings. The quantitative estimate of drug-likeness (QED) is 0.689. The molecule has 150 valence electrons. The summed E-state index contributed by atoms with van der Waals surface area (Å²) < 4.78 is 11.4. The van der Waals surface area contributed by atoms with Crippen molar-refractivity contribution in [3.05, 3.63) is 59.6 Å². The van der Waals surface area contributed by atoms with Crippen LogP contribution in [0.3, 0.4) is 0 Å². The summed E-state index contributed by atoms with van der Waals surface area (Å²) in [4.78, 5) is 14.1. The minimum atomic E-state index is -0.988. The zero-order valence-corrected chi connectivity index (χ0v) is 17.8. The van der Waals surface area contributed by atoms with E-state index >= 15 is 0 Å². The molecule has 4 nitrogen and oxygen atoms in total. The van der Waals surface area contributed by atoms with Crippen molar-refractivity contribution < 1.29 is 14.3 Å². The highest BCUT2D eigenvalue weighted by molar-refractivity contribution is 8.00. The van der Waals surface area contributed by atoms with Crippen molar-refractivity contribution in [2.24, 2.45) is 0 Å². The van der Waals surface area contributed by atoms with Crippen molar-refractivity contribution in [2.45, 2.75) is 41.9 Å². The van der Waals surface area contributed by atoms with Crippen LogP contribution < -0.4 is 10.1 Å². The first-order chi connectivity index (χ1) is 13.4. The molecule has 0 atom stereocenters. The van der Waals surface area contributed by atoms with Crippen molar-refractivity contribution >= 4 is 29.3 Å². The fraction of sp³-hybridized carbons (Fsp3) is 0.409. The average molecular weight is 420 g/mol. The minimum absolute atomic E-state index is 0.0778. The van der Waals surface area contributed by atoms with Gasteiger partial charge in [-0.3, -0.25) is 4.79 Å². The number of thioether (sulfide) groups is 1. The van der Waals surface area contributed by atoms with Gasteiger partial charge in [-0.25, -0.2) is 0 Å². The van der Waals surface area contributed by atoms with Gasteiger partial charge < -0.3 is 14.8 Å². The van der Waals surface area contributed by atoms with Gasteiger partial charge in [0.05, 0.1) is 0 Å². The van der Waals surface area contributed by atoms with Gasteiger partial charge in [-0.2, -0.15) is 0 Å². The largest absolute Gasteiger partial charge is 0.478 e. The van der Waals surface area contributed by atoms with E-state index in [0.29, 0.717) is 30.5 Å². The Bertz CT molecular complexity index is 774. The zero-order valence-electron chi connectivity index (χ0n) is 16.2. The van der Waals surface area contributed by atoms with Gasteiger partial charge in [-0.05, 0) is 63.1 Å². The molecule has 1 fully saturated rings. The van der Waals surface area contributed by atoms with Crippen molar-refractivity contribution in [3.63, 3.8) is 0 Å². The van der Waals surface area contributed by atoms with E-state index in [9.17, 15) is 4.79 Å². The molecular formula is C22H26ClNO3S. The number of ether oxygens (including phenoxy) is 2. The summed E-state index contributed by atoms with van der Waals surface area (Å²) in [6, 6.07) is 17.3. The number of rotatable bonds is 7. The Morgan fingerprint density at radius 1 is 1.14 bits per heavy atom. The number of halogens is 1. The Morgan fingerprint density at radius 3 is 2.43 bits per heavy atom. The monoisotopic (exact) mass is 419 g/mol. The highest BCUT2D eigenvalue weighted by Crippen LogP contribution is 2.40. The number of benzene rings is 2. The van der Waals surface area contributed by atoms with Gasteiger partial charge in [0.2, 0.25) is 0 Å². The maximum absolute atomic E-state index is 12.9. The maximum Gasteiger partial charge on any atom is 0.263 e. The highest BCUT2D eigenvalue weighted by Gasteiger charge is 2.37. The van der Waals surface area contributed by atoms with Crippen LogP contribution in [0.25, 0.3) is 0 Å². The van der Waals surface area contributed by atoms with Crippen LogP contribution in [0.2, 0.25) is 5.02 Å². The molecule has 0 saturated carbocycles. The highest BCUT2D eigenvalue weighted by atomic mass is 35.5. The first-order valence-electron chi connectivity index (χ1n) is 9.43. The Balaban J connectivity index is 1.64. The molecule has 1 heterocycles. The fourth-order valence-electron chi connectivity index (χ4n) is 3.09. The summed E-state index contributed by atoms with van der Waals surface area (Å²) in [6.45, 7) is 5.54. The van der Waals surface area contributed by atoms with Gasteiger partial charge in [-0.1, -0.05) is 29.8 Å². The van der Waals surface area contributed by atoms with Crippen LogP contribution in [0.4, 0.5) is 0 Å². The Hall–Kier alpha value is -1.69. The molecule has 3 rings (SSSR count). The summed E-state index contributed by atoms with van der Waals surface area (Å²) in [5.74, 6) is 0.478. The van der Waals surface area contributed by atoms with E-state index in [2.05, 4.69) is 17.4 Å². The first kappa shape index (κ1) is 21.0. The number of amides is 1.